The van der Waals surface area contributed by atoms with Crippen molar-refractivity contribution in [2.75, 3.05) is 5.75 Å². The number of thioether (sulfide) groups is 1. The molecule has 0 amide bonds. The van der Waals surface area contributed by atoms with E-state index in [1.165, 1.54) is 40.3 Å². The molecule has 0 atom stereocenters. The molecule has 0 spiro atoms. The lowest BCUT2D eigenvalue weighted by atomic mass is 10.2. The summed E-state index contributed by atoms with van der Waals surface area (Å²) in [5, 5.41) is 3.46. The summed E-state index contributed by atoms with van der Waals surface area (Å²) in [7, 11) is 0. The molecule has 2 aromatic rings. The first-order valence-corrected chi connectivity index (χ1v) is 8.73. The van der Waals surface area contributed by atoms with Gasteiger partial charge in [-0.05, 0) is 36.6 Å². The standard InChI is InChI=1S/C14H16N2OS2/c1-2-10(1)15-6-11-7-17-14(16-11)13-5-9-8-18-4-3-12(9)19-13/h5,7,10,15H,1-4,6,8H2. The molecule has 4 rings (SSSR count). The van der Waals surface area contributed by atoms with E-state index in [9.17, 15) is 0 Å². The summed E-state index contributed by atoms with van der Waals surface area (Å²) < 4.78 is 5.63. The SMILES string of the molecule is c1oc(-c2cc3c(s2)CCSC3)nc1CNC1CC1. The van der Waals surface area contributed by atoms with Crippen molar-refractivity contribution in [3.8, 4) is 10.8 Å². The van der Waals surface area contributed by atoms with E-state index in [-0.39, 0.29) is 0 Å². The Labute approximate surface area is 120 Å². The third-order valence-electron chi connectivity index (χ3n) is 3.54. The zero-order valence-corrected chi connectivity index (χ0v) is 12.3. The second-order valence-electron chi connectivity index (χ2n) is 5.16. The minimum atomic E-state index is 0.714. The van der Waals surface area contributed by atoms with Gasteiger partial charge in [0.05, 0.1) is 10.6 Å². The van der Waals surface area contributed by atoms with Gasteiger partial charge in [0.1, 0.15) is 6.26 Å². The highest BCUT2D eigenvalue weighted by atomic mass is 32.2. The van der Waals surface area contributed by atoms with Crippen molar-refractivity contribution < 1.29 is 4.42 Å². The molecule has 1 fully saturated rings. The van der Waals surface area contributed by atoms with E-state index < -0.39 is 0 Å². The highest BCUT2D eigenvalue weighted by Gasteiger charge is 2.21. The topological polar surface area (TPSA) is 38.1 Å². The van der Waals surface area contributed by atoms with Gasteiger partial charge in [0.2, 0.25) is 5.89 Å². The second-order valence-corrected chi connectivity index (χ2v) is 7.40. The van der Waals surface area contributed by atoms with Gasteiger partial charge in [-0.2, -0.15) is 11.8 Å². The van der Waals surface area contributed by atoms with Crippen molar-refractivity contribution in [2.24, 2.45) is 0 Å². The fourth-order valence-corrected chi connectivity index (χ4v) is 4.60. The van der Waals surface area contributed by atoms with Gasteiger partial charge in [0.25, 0.3) is 0 Å². The maximum atomic E-state index is 5.63. The molecule has 3 nitrogen and oxygen atoms in total. The Kier molecular flexibility index (Phi) is 3.13. The Morgan fingerprint density at radius 1 is 1.42 bits per heavy atom. The molecule has 1 N–H and O–H groups in total. The first kappa shape index (κ1) is 12.0. The van der Waals surface area contributed by atoms with Crippen LogP contribution in [-0.4, -0.2) is 16.8 Å². The number of fused-ring (bicyclic) bond motifs is 1. The highest BCUT2D eigenvalue weighted by molar-refractivity contribution is 7.98. The van der Waals surface area contributed by atoms with E-state index in [2.05, 4.69) is 16.4 Å². The van der Waals surface area contributed by atoms with E-state index >= 15 is 0 Å². The van der Waals surface area contributed by atoms with Crippen LogP contribution in [0.3, 0.4) is 0 Å². The van der Waals surface area contributed by atoms with E-state index in [4.69, 9.17) is 4.42 Å². The van der Waals surface area contributed by atoms with Gasteiger partial charge in [0, 0.05) is 23.2 Å². The van der Waals surface area contributed by atoms with Gasteiger partial charge in [-0.3, -0.25) is 0 Å². The maximum Gasteiger partial charge on any atom is 0.236 e. The summed E-state index contributed by atoms with van der Waals surface area (Å²) in [5.41, 5.74) is 2.50. The molecule has 100 valence electrons. The van der Waals surface area contributed by atoms with Crippen LogP contribution in [0.4, 0.5) is 0 Å². The normalized spacial score (nSPS) is 18.5. The van der Waals surface area contributed by atoms with Gasteiger partial charge in [0.15, 0.2) is 0 Å². The van der Waals surface area contributed by atoms with E-state index in [0.29, 0.717) is 6.04 Å². The monoisotopic (exact) mass is 292 g/mol. The Hall–Kier alpha value is -0.780. The van der Waals surface area contributed by atoms with E-state index in [1.54, 1.807) is 6.26 Å². The lowest BCUT2D eigenvalue weighted by Crippen LogP contribution is -2.15. The van der Waals surface area contributed by atoms with Crippen LogP contribution in [0, 0.1) is 0 Å². The number of hydrogen-bond acceptors (Lipinski definition) is 5. The quantitative estimate of drug-likeness (QED) is 0.936. The summed E-state index contributed by atoms with van der Waals surface area (Å²) in [5.74, 6) is 3.18. The van der Waals surface area contributed by atoms with Crippen LogP contribution in [0.15, 0.2) is 16.7 Å². The fourth-order valence-electron chi connectivity index (χ4n) is 2.29. The molecule has 2 aliphatic rings. The van der Waals surface area contributed by atoms with Gasteiger partial charge in [-0.25, -0.2) is 4.98 Å². The van der Waals surface area contributed by atoms with Gasteiger partial charge < -0.3 is 9.73 Å². The second kappa shape index (κ2) is 4.96. The predicted octanol–water partition coefficient (Wildman–Crippen LogP) is 3.44. The number of rotatable bonds is 4. The highest BCUT2D eigenvalue weighted by Crippen LogP contribution is 2.36. The van der Waals surface area contributed by atoms with Gasteiger partial charge in [-0.15, -0.1) is 11.3 Å². The van der Waals surface area contributed by atoms with Crippen LogP contribution in [-0.2, 0) is 18.7 Å². The third-order valence-corrected chi connectivity index (χ3v) is 5.77. The van der Waals surface area contributed by atoms with Crippen LogP contribution in [0.1, 0.15) is 29.0 Å². The van der Waals surface area contributed by atoms with Crippen molar-refractivity contribution in [3.63, 3.8) is 0 Å². The Bertz CT molecular complexity index is 563. The minimum absolute atomic E-state index is 0.714. The Balaban J connectivity index is 1.52. The third kappa shape index (κ3) is 2.59. The molecule has 1 saturated carbocycles. The summed E-state index contributed by atoms with van der Waals surface area (Å²) in [4.78, 5) is 7.30. The van der Waals surface area contributed by atoms with Crippen LogP contribution in [0.5, 0.6) is 0 Å². The van der Waals surface area contributed by atoms with Crippen LogP contribution in [0.25, 0.3) is 10.8 Å². The number of nitrogens with zero attached hydrogens (tertiary/aromatic N) is 1. The summed E-state index contributed by atoms with van der Waals surface area (Å²) in [6.45, 7) is 0.828. The number of hydrogen-bond donors (Lipinski definition) is 1. The van der Waals surface area contributed by atoms with Crippen LogP contribution >= 0.6 is 23.1 Å². The molecule has 0 bridgehead atoms. The van der Waals surface area contributed by atoms with Crippen molar-refractivity contribution in [2.45, 2.75) is 37.6 Å². The number of nitrogens with one attached hydrogen (secondary N) is 1. The molecule has 0 radical (unpaired) electrons. The number of oxazole rings is 1. The first-order valence-electron chi connectivity index (χ1n) is 6.76. The molecule has 0 saturated heterocycles. The number of aromatic nitrogens is 1. The summed E-state index contributed by atoms with van der Waals surface area (Å²) in [6, 6.07) is 2.97. The minimum Gasteiger partial charge on any atom is -0.444 e. The molecule has 5 heteroatoms. The summed E-state index contributed by atoms with van der Waals surface area (Å²) in [6.07, 6.45) is 5.60. The predicted molar refractivity (Wildman–Crippen MR) is 79.5 cm³/mol. The Morgan fingerprint density at radius 3 is 3.21 bits per heavy atom. The smallest absolute Gasteiger partial charge is 0.236 e. The van der Waals surface area contributed by atoms with Crippen molar-refractivity contribution in [3.05, 3.63) is 28.5 Å². The summed E-state index contributed by atoms with van der Waals surface area (Å²) >= 11 is 3.86. The van der Waals surface area contributed by atoms with Crippen LogP contribution in [0.2, 0.25) is 0 Å². The maximum absolute atomic E-state index is 5.63. The van der Waals surface area contributed by atoms with E-state index in [0.717, 1.165) is 23.9 Å². The first-order chi connectivity index (χ1) is 9.38. The number of aryl methyl sites for hydroxylation is 1. The van der Waals surface area contributed by atoms with Crippen molar-refractivity contribution in [1.82, 2.24) is 10.3 Å². The molecule has 0 aromatic carbocycles. The molecular weight excluding hydrogens is 276 g/mol. The Morgan fingerprint density at radius 2 is 2.37 bits per heavy atom. The lowest BCUT2D eigenvalue weighted by Gasteiger charge is -2.08. The number of thiophene rings is 1. The van der Waals surface area contributed by atoms with Crippen LogP contribution < -0.4 is 5.32 Å². The average Bonchev–Trinajstić information content (AvgIpc) is 2.99. The molecule has 19 heavy (non-hydrogen) atoms. The molecular formula is C14H16N2OS2. The average molecular weight is 292 g/mol. The molecule has 1 aliphatic heterocycles. The molecule has 3 heterocycles. The van der Waals surface area contributed by atoms with E-state index in [1.807, 2.05) is 23.1 Å². The lowest BCUT2D eigenvalue weighted by molar-refractivity contribution is 0.571. The largest absolute Gasteiger partial charge is 0.444 e. The van der Waals surface area contributed by atoms with Gasteiger partial charge in [-0.1, -0.05) is 0 Å². The molecule has 1 aliphatic carbocycles. The van der Waals surface area contributed by atoms with Crippen molar-refractivity contribution >= 4 is 23.1 Å². The van der Waals surface area contributed by atoms with Gasteiger partial charge >= 0.3 is 0 Å². The molecule has 2 aromatic heterocycles. The molecule has 0 unspecified atom stereocenters. The fraction of sp³-hybridized carbons (Fsp3) is 0.500. The zero-order valence-electron chi connectivity index (χ0n) is 10.6. The zero-order chi connectivity index (χ0) is 12.7. The van der Waals surface area contributed by atoms with Crippen molar-refractivity contribution in [1.29, 1.82) is 0 Å².